The Hall–Kier alpha value is -1.09. The molecular weight excluding hydrogens is 222 g/mol. The largest absolute Gasteiger partial charge is 0.383 e. The number of hydrogen-bond donors (Lipinski definition) is 2. The van der Waals surface area contributed by atoms with Crippen molar-refractivity contribution in [2.24, 2.45) is 5.92 Å². The predicted molar refractivity (Wildman–Crippen MR) is 76.4 cm³/mol. The Kier molecular flexibility index (Phi) is 5.00. The molecule has 1 heterocycles. The van der Waals surface area contributed by atoms with Crippen LogP contribution in [0.2, 0.25) is 0 Å². The second-order valence-corrected chi connectivity index (χ2v) is 5.44. The Bertz CT molecular complexity index is 365. The Balaban J connectivity index is 1.87. The minimum absolute atomic E-state index is 0.709. The summed E-state index contributed by atoms with van der Waals surface area (Å²) >= 11 is 0. The first-order chi connectivity index (χ1) is 8.79. The van der Waals surface area contributed by atoms with E-state index in [2.05, 4.69) is 23.3 Å². The highest BCUT2D eigenvalue weighted by atomic mass is 14.9. The quantitative estimate of drug-likeness (QED) is 0.841. The van der Waals surface area contributed by atoms with Crippen molar-refractivity contribution < 1.29 is 0 Å². The molecule has 1 aromatic heterocycles. The van der Waals surface area contributed by atoms with E-state index in [1.165, 1.54) is 37.7 Å². The summed E-state index contributed by atoms with van der Waals surface area (Å²) in [6.45, 7) is 3.37. The lowest BCUT2D eigenvalue weighted by molar-refractivity contribution is 0.284. The van der Waals surface area contributed by atoms with Crippen molar-refractivity contribution in [3.8, 4) is 0 Å². The molecule has 0 bridgehead atoms. The van der Waals surface area contributed by atoms with Crippen LogP contribution in [0, 0.1) is 5.92 Å². The van der Waals surface area contributed by atoms with Gasteiger partial charge in [-0.1, -0.05) is 25.8 Å². The van der Waals surface area contributed by atoms with E-state index < -0.39 is 0 Å². The van der Waals surface area contributed by atoms with E-state index in [0.717, 1.165) is 18.9 Å². The number of pyridine rings is 1. The highest BCUT2D eigenvalue weighted by Crippen LogP contribution is 2.28. The summed E-state index contributed by atoms with van der Waals surface area (Å²) in [5.74, 6) is 1.47. The zero-order valence-corrected chi connectivity index (χ0v) is 11.4. The predicted octanol–water partition coefficient (Wildman–Crippen LogP) is 2.76. The first-order valence-electron chi connectivity index (χ1n) is 7.22. The number of nitrogens with one attached hydrogen (secondary N) is 1. The summed E-state index contributed by atoms with van der Waals surface area (Å²) < 4.78 is 0. The van der Waals surface area contributed by atoms with E-state index in [1.54, 1.807) is 6.20 Å². The molecule has 2 atom stereocenters. The number of hydrogen-bond acceptors (Lipinski definition) is 3. The van der Waals surface area contributed by atoms with Crippen LogP contribution in [-0.4, -0.2) is 17.6 Å². The Morgan fingerprint density at radius 1 is 1.44 bits per heavy atom. The molecule has 1 saturated carbocycles. The van der Waals surface area contributed by atoms with Gasteiger partial charge >= 0.3 is 0 Å². The molecule has 1 fully saturated rings. The molecule has 0 amide bonds. The highest BCUT2D eigenvalue weighted by Gasteiger charge is 2.22. The van der Waals surface area contributed by atoms with Gasteiger partial charge in [-0.25, -0.2) is 4.98 Å². The summed E-state index contributed by atoms with van der Waals surface area (Å²) in [6, 6.07) is 4.81. The van der Waals surface area contributed by atoms with E-state index in [4.69, 9.17) is 5.73 Å². The number of nitrogens with two attached hydrogens (primary N) is 1. The third-order valence-electron chi connectivity index (χ3n) is 3.90. The standard InChI is InChI=1S/C15H25N3/c1-2-8-17-14-7-3-5-12(11-14)10-13-6-4-9-18-15(13)16/h4,6,9,12,14,17H,2-3,5,7-8,10-11H2,1H3,(H2,16,18). The van der Waals surface area contributed by atoms with Gasteiger partial charge in [0.25, 0.3) is 0 Å². The summed E-state index contributed by atoms with van der Waals surface area (Å²) in [5.41, 5.74) is 7.15. The van der Waals surface area contributed by atoms with Crippen molar-refractivity contribution in [1.82, 2.24) is 10.3 Å². The Labute approximate surface area is 110 Å². The van der Waals surface area contributed by atoms with Crippen LogP contribution < -0.4 is 11.1 Å². The molecule has 2 rings (SSSR count). The zero-order valence-electron chi connectivity index (χ0n) is 11.4. The average Bonchev–Trinajstić information content (AvgIpc) is 2.40. The van der Waals surface area contributed by atoms with Crippen molar-refractivity contribution in [1.29, 1.82) is 0 Å². The maximum Gasteiger partial charge on any atom is 0.126 e. The molecule has 1 aliphatic rings. The van der Waals surface area contributed by atoms with E-state index in [-0.39, 0.29) is 0 Å². The fourth-order valence-corrected chi connectivity index (χ4v) is 2.94. The van der Waals surface area contributed by atoms with Gasteiger partial charge in [-0.3, -0.25) is 0 Å². The average molecular weight is 247 g/mol. The molecule has 0 radical (unpaired) electrons. The SMILES string of the molecule is CCCNC1CCCC(Cc2cccnc2N)C1. The second-order valence-electron chi connectivity index (χ2n) is 5.44. The Morgan fingerprint density at radius 2 is 2.33 bits per heavy atom. The van der Waals surface area contributed by atoms with Crippen LogP contribution in [0.5, 0.6) is 0 Å². The van der Waals surface area contributed by atoms with Crippen LogP contribution in [-0.2, 0) is 6.42 Å². The fourth-order valence-electron chi connectivity index (χ4n) is 2.94. The summed E-state index contributed by atoms with van der Waals surface area (Å²) in [7, 11) is 0. The van der Waals surface area contributed by atoms with Gasteiger partial charge in [-0.05, 0) is 49.8 Å². The molecule has 1 aliphatic carbocycles. The van der Waals surface area contributed by atoms with E-state index in [0.29, 0.717) is 11.9 Å². The van der Waals surface area contributed by atoms with Crippen molar-refractivity contribution in [3.63, 3.8) is 0 Å². The molecular formula is C15H25N3. The molecule has 3 N–H and O–H groups in total. The summed E-state index contributed by atoms with van der Waals surface area (Å²) in [5, 5.41) is 3.65. The van der Waals surface area contributed by atoms with Crippen LogP contribution in [0.4, 0.5) is 5.82 Å². The smallest absolute Gasteiger partial charge is 0.126 e. The number of nitrogens with zero attached hydrogens (tertiary/aromatic N) is 1. The van der Waals surface area contributed by atoms with Crippen molar-refractivity contribution in [2.45, 2.75) is 51.5 Å². The normalized spacial score (nSPS) is 24.1. The van der Waals surface area contributed by atoms with Gasteiger partial charge in [0, 0.05) is 12.2 Å². The van der Waals surface area contributed by atoms with Gasteiger partial charge in [0.05, 0.1) is 0 Å². The fraction of sp³-hybridized carbons (Fsp3) is 0.667. The molecule has 0 spiro atoms. The first-order valence-corrected chi connectivity index (χ1v) is 7.22. The molecule has 0 aliphatic heterocycles. The second kappa shape index (κ2) is 6.74. The molecule has 18 heavy (non-hydrogen) atoms. The first kappa shape index (κ1) is 13.3. The Morgan fingerprint density at radius 3 is 3.11 bits per heavy atom. The van der Waals surface area contributed by atoms with Crippen molar-refractivity contribution in [3.05, 3.63) is 23.9 Å². The van der Waals surface area contributed by atoms with E-state index >= 15 is 0 Å². The van der Waals surface area contributed by atoms with Gasteiger partial charge in [0.15, 0.2) is 0 Å². The van der Waals surface area contributed by atoms with Crippen LogP contribution >= 0.6 is 0 Å². The van der Waals surface area contributed by atoms with Gasteiger partial charge in [-0.15, -0.1) is 0 Å². The van der Waals surface area contributed by atoms with Crippen LogP contribution in [0.3, 0.4) is 0 Å². The maximum atomic E-state index is 5.93. The number of rotatable bonds is 5. The molecule has 3 heteroatoms. The molecule has 100 valence electrons. The van der Waals surface area contributed by atoms with Gasteiger partial charge in [0.1, 0.15) is 5.82 Å². The number of nitrogen functional groups attached to an aromatic ring is 1. The number of aromatic nitrogens is 1. The highest BCUT2D eigenvalue weighted by molar-refractivity contribution is 5.38. The topological polar surface area (TPSA) is 50.9 Å². The molecule has 0 saturated heterocycles. The van der Waals surface area contributed by atoms with Crippen LogP contribution in [0.25, 0.3) is 0 Å². The summed E-state index contributed by atoms with van der Waals surface area (Å²) in [4.78, 5) is 4.18. The molecule has 2 unspecified atom stereocenters. The molecule has 1 aromatic rings. The van der Waals surface area contributed by atoms with E-state index in [1.807, 2.05) is 6.07 Å². The van der Waals surface area contributed by atoms with Crippen LogP contribution in [0.15, 0.2) is 18.3 Å². The minimum atomic E-state index is 0.709. The van der Waals surface area contributed by atoms with Gasteiger partial charge in [-0.2, -0.15) is 0 Å². The monoisotopic (exact) mass is 247 g/mol. The zero-order chi connectivity index (χ0) is 12.8. The maximum absolute atomic E-state index is 5.93. The van der Waals surface area contributed by atoms with Gasteiger partial charge in [0.2, 0.25) is 0 Å². The third kappa shape index (κ3) is 3.70. The van der Waals surface area contributed by atoms with Crippen molar-refractivity contribution >= 4 is 5.82 Å². The summed E-state index contributed by atoms with van der Waals surface area (Å²) in [6.07, 6.45) is 9.37. The minimum Gasteiger partial charge on any atom is -0.383 e. The number of anilines is 1. The lowest BCUT2D eigenvalue weighted by Gasteiger charge is -2.30. The lowest BCUT2D eigenvalue weighted by atomic mass is 9.82. The molecule has 3 nitrogen and oxygen atoms in total. The molecule has 0 aromatic carbocycles. The third-order valence-corrected chi connectivity index (χ3v) is 3.90. The lowest BCUT2D eigenvalue weighted by Crippen LogP contribution is -2.35. The van der Waals surface area contributed by atoms with Crippen molar-refractivity contribution in [2.75, 3.05) is 12.3 Å². The van der Waals surface area contributed by atoms with E-state index in [9.17, 15) is 0 Å². The van der Waals surface area contributed by atoms with Crippen LogP contribution in [0.1, 0.15) is 44.6 Å². The van der Waals surface area contributed by atoms with Gasteiger partial charge < -0.3 is 11.1 Å².